The molecule has 4 rings (SSSR count). The molecule has 2 aliphatic heterocycles. The van der Waals surface area contributed by atoms with Crippen LogP contribution in [0.15, 0.2) is 0 Å². The van der Waals surface area contributed by atoms with Crippen LogP contribution >= 0.6 is 0 Å². The van der Waals surface area contributed by atoms with Gasteiger partial charge in [0.15, 0.2) is 11.5 Å². The van der Waals surface area contributed by atoms with Gasteiger partial charge in [-0.1, -0.05) is 0 Å². The monoisotopic (exact) mass is 290 g/mol. The molecule has 2 N–H and O–H groups in total. The van der Waals surface area contributed by atoms with Gasteiger partial charge in [0, 0.05) is 29.5 Å². The van der Waals surface area contributed by atoms with E-state index in [0.29, 0.717) is 42.7 Å². The van der Waals surface area contributed by atoms with E-state index in [1.54, 1.807) is 0 Å². The Kier molecular flexibility index (Phi) is 2.34. The molecule has 5 nitrogen and oxygen atoms in total. The summed E-state index contributed by atoms with van der Waals surface area (Å²) in [6.45, 7) is 3.86. The van der Waals surface area contributed by atoms with Crippen molar-refractivity contribution in [2.24, 2.45) is 0 Å². The number of carbonyl (C=O) groups is 1. The zero-order chi connectivity index (χ0) is 14.9. The lowest BCUT2D eigenvalue weighted by Gasteiger charge is -2.19. The molecule has 0 radical (unpaired) electrons. The molecule has 1 saturated carbocycles. The standard InChI is InChI=1S/C16H18O5/c1-7-5-9-11(16(3-4-16)15(18)19)13-10(6-8(2)20-13)12(17)14(9)21-7/h7-8,17H,3-6H2,1-2H3,(H,18,19). The zero-order valence-electron chi connectivity index (χ0n) is 12.1. The van der Waals surface area contributed by atoms with Crippen LogP contribution in [-0.4, -0.2) is 28.4 Å². The molecule has 1 aromatic carbocycles. The van der Waals surface area contributed by atoms with Gasteiger partial charge in [-0.05, 0) is 26.7 Å². The quantitative estimate of drug-likeness (QED) is 0.873. The van der Waals surface area contributed by atoms with E-state index in [1.165, 1.54) is 0 Å². The number of ether oxygens (including phenoxy) is 2. The number of benzene rings is 1. The van der Waals surface area contributed by atoms with Gasteiger partial charge in [-0.3, -0.25) is 4.79 Å². The van der Waals surface area contributed by atoms with Gasteiger partial charge in [0.2, 0.25) is 0 Å². The first-order valence-corrected chi connectivity index (χ1v) is 7.42. The number of fused-ring (bicyclic) bond motifs is 2. The average molecular weight is 290 g/mol. The maximum Gasteiger partial charge on any atom is 0.314 e. The van der Waals surface area contributed by atoms with Crippen LogP contribution in [0, 0.1) is 0 Å². The van der Waals surface area contributed by atoms with E-state index in [0.717, 1.165) is 11.1 Å². The van der Waals surface area contributed by atoms with Gasteiger partial charge in [-0.25, -0.2) is 0 Å². The fourth-order valence-electron chi connectivity index (χ4n) is 3.69. The molecule has 21 heavy (non-hydrogen) atoms. The third kappa shape index (κ3) is 1.54. The first kappa shape index (κ1) is 12.8. The normalized spacial score (nSPS) is 27.5. The maximum absolute atomic E-state index is 11.8. The third-order valence-corrected chi connectivity index (χ3v) is 4.84. The Morgan fingerprint density at radius 2 is 1.67 bits per heavy atom. The third-order valence-electron chi connectivity index (χ3n) is 4.84. The summed E-state index contributed by atoms with van der Waals surface area (Å²) in [7, 11) is 0. The fraction of sp³-hybridized carbons (Fsp3) is 0.562. The molecular weight excluding hydrogens is 272 g/mol. The Morgan fingerprint density at radius 3 is 2.24 bits per heavy atom. The lowest BCUT2D eigenvalue weighted by atomic mass is 9.86. The first-order chi connectivity index (χ1) is 9.94. The molecule has 0 saturated heterocycles. The minimum Gasteiger partial charge on any atom is -0.504 e. The van der Waals surface area contributed by atoms with Crippen LogP contribution in [0.25, 0.3) is 0 Å². The molecule has 112 valence electrons. The molecule has 0 bridgehead atoms. The van der Waals surface area contributed by atoms with Crippen LogP contribution in [-0.2, 0) is 23.1 Å². The Hall–Kier alpha value is -1.91. The lowest BCUT2D eigenvalue weighted by molar-refractivity contribution is -0.140. The van der Waals surface area contributed by atoms with Gasteiger partial charge in [-0.2, -0.15) is 0 Å². The molecule has 3 aliphatic rings. The highest BCUT2D eigenvalue weighted by Gasteiger charge is 2.57. The van der Waals surface area contributed by atoms with Gasteiger partial charge in [0.1, 0.15) is 18.0 Å². The van der Waals surface area contributed by atoms with Crippen LogP contribution in [0.2, 0.25) is 0 Å². The van der Waals surface area contributed by atoms with Gasteiger partial charge in [-0.15, -0.1) is 0 Å². The molecular formula is C16H18O5. The molecule has 5 heteroatoms. The second kappa shape index (κ2) is 3.84. The van der Waals surface area contributed by atoms with Crippen LogP contribution in [0.3, 0.4) is 0 Å². The second-order valence-corrected chi connectivity index (χ2v) is 6.49. The van der Waals surface area contributed by atoms with Crippen LogP contribution in [0.4, 0.5) is 0 Å². The zero-order valence-corrected chi connectivity index (χ0v) is 12.1. The number of aliphatic carboxylic acids is 1. The largest absolute Gasteiger partial charge is 0.504 e. The van der Waals surface area contributed by atoms with E-state index in [2.05, 4.69) is 0 Å². The maximum atomic E-state index is 11.8. The lowest BCUT2D eigenvalue weighted by Crippen LogP contribution is -2.22. The molecule has 2 unspecified atom stereocenters. The number of aromatic hydroxyl groups is 1. The highest BCUT2D eigenvalue weighted by atomic mass is 16.5. The number of carboxylic acid groups (broad SMARTS) is 1. The van der Waals surface area contributed by atoms with Crippen molar-refractivity contribution in [1.82, 2.24) is 0 Å². The number of hydrogen-bond acceptors (Lipinski definition) is 4. The van der Waals surface area contributed by atoms with Crippen molar-refractivity contribution in [3.63, 3.8) is 0 Å². The van der Waals surface area contributed by atoms with Crippen LogP contribution in [0.5, 0.6) is 17.2 Å². The van der Waals surface area contributed by atoms with E-state index >= 15 is 0 Å². The molecule has 2 atom stereocenters. The summed E-state index contributed by atoms with van der Waals surface area (Å²) in [5, 5.41) is 20.1. The minimum absolute atomic E-state index is 0.0470. The number of phenolic OH excluding ortho intramolecular Hbond substituents is 1. The Balaban J connectivity index is 2.01. The molecule has 1 aromatic rings. The number of carboxylic acids is 1. The molecule has 0 aromatic heterocycles. The van der Waals surface area contributed by atoms with Crippen molar-refractivity contribution in [2.75, 3.05) is 0 Å². The molecule has 0 amide bonds. The molecule has 1 aliphatic carbocycles. The van der Waals surface area contributed by atoms with Crippen molar-refractivity contribution in [1.29, 1.82) is 0 Å². The Morgan fingerprint density at radius 1 is 1.10 bits per heavy atom. The van der Waals surface area contributed by atoms with Gasteiger partial charge in [0.05, 0.1) is 5.41 Å². The van der Waals surface area contributed by atoms with E-state index in [-0.39, 0.29) is 18.0 Å². The minimum atomic E-state index is -0.848. The summed E-state index contributed by atoms with van der Waals surface area (Å²) in [5.74, 6) is 0.400. The van der Waals surface area contributed by atoms with Crippen molar-refractivity contribution < 1.29 is 24.5 Å². The molecule has 2 heterocycles. The molecule has 0 spiro atoms. The Labute approximate surface area is 122 Å². The summed E-state index contributed by atoms with van der Waals surface area (Å²) < 4.78 is 11.6. The van der Waals surface area contributed by atoms with Crippen molar-refractivity contribution in [3.05, 3.63) is 16.7 Å². The first-order valence-electron chi connectivity index (χ1n) is 7.42. The Bertz CT molecular complexity index is 620. The van der Waals surface area contributed by atoms with Crippen molar-refractivity contribution in [3.8, 4) is 17.2 Å². The highest BCUT2D eigenvalue weighted by Crippen LogP contribution is 2.60. The summed E-state index contributed by atoms with van der Waals surface area (Å²) in [6.07, 6.45) is 2.37. The van der Waals surface area contributed by atoms with Crippen LogP contribution in [0.1, 0.15) is 43.4 Å². The second-order valence-electron chi connectivity index (χ2n) is 6.49. The van der Waals surface area contributed by atoms with E-state index in [4.69, 9.17) is 9.47 Å². The molecule has 1 fully saturated rings. The fourth-order valence-corrected chi connectivity index (χ4v) is 3.69. The number of hydrogen-bond donors (Lipinski definition) is 2. The predicted molar refractivity (Wildman–Crippen MR) is 74.2 cm³/mol. The van der Waals surface area contributed by atoms with Crippen LogP contribution < -0.4 is 9.47 Å². The highest BCUT2D eigenvalue weighted by molar-refractivity contribution is 5.88. The average Bonchev–Trinajstić information content (AvgIpc) is 2.98. The summed E-state index contributed by atoms with van der Waals surface area (Å²) in [4.78, 5) is 11.8. The summed E-state index contributed by atoms with van der Waals surface area (Å²) in [6, 6.07) is 0. The van der Waals surface area contributed by atoms with Crippen molar-refractivity contribution in [2.45, 2.75) is 57.2 Å². The topological polar surface area (TPSA) is 76.0 Å². The van der Waals surface area contributed by atoms with Gasteiger partial charge < -0.3 is 19.7 Å². The number of phenols is 1. The van der Waals surface area contributed by atoms with E-state index in [1.807, 2.05) is 13.8 Å². The van der Waals surface area contributed by atoms with E-state index in [9.17, 15) is 15.0 Å². The number of rotatable bonds is 2. The summed E-state index contributed by atoms with van der Waals surface area (Å²) in [5.41, 5.74) is 1.44. The van der Waals surface area contributed by atoms with Crippen molar-refractivity contribution >= 4 is 5.97 Å². The van der Waals surface area contributed by atoms with Gasteiger partial charge in [0.25, 0.3) is 0 Å². The SMILES string of the molecule is CC1Cc2c(c(O)c3c(c2C2(C(=O)O)CC2)OC(C)C3)O1. The van der Waals surface area contributed by atoms with E-state index < -0.39 is 11.4 Å². The predicted octanol–water partition coefficient (Wildman–Crippen LogP) is 2.16. The van der Waals surface area contributed by atoms with Gasteiger partial charge >= 0.3 is 5.97 Å². The summed E-state index contributed by atoms with van der Waals surface area (Å²) >= 11 is 0. The smallest absolute Gasteiger partial charge is 0.314 e.